The molecule has 2 aromatic rings. The van der Waals surface area contributed by atoms with Crippen LogP contribution in [0.4, 0.5) is 0 Å². The molecule has 1 amide bonds. The minimum Gasteiger partial charge on any atom is -0.277 e. The first kappa shape index (κ1) is 7.67. The predicted molar refractivity (Wildman–Crippen MR) is 50.0 cm³/mol. The third-order valence-corrected chi connectivity index (χ3v) is 1.82. The van der Waals surface area contributed by atoms with E-state index in [0.717, 1.165) is 10.9 Å². The van der Waals surface area contributed by atoms with Gasteiger partial charge in [0.05, 0.1) is 5.52 Å². The first-order valence-corrected chi connectivity index (χ1v) is 3.77. The molecule has 0 saturated carbocycles. The van der Waals surface area contributed by atoms with Crippen LogP contribution < -0.4 is 0 Å². The maximum atomic E-state index is 11.2. The number of H-pyrrole nitrogens is 1. The van der Waals surface area contributed by atoms with Crippen molar-refractivity contribution in [3.05, 3.63) is 30.0 Å². The summed E-state index contributed by atoms with van der Waals surface area (Å²) < 4.78 is 0. The van der Waals surface area contributed by atoms with Crippen molar-refractivity contribution in [3.63, 3.8) is 0 Å². The second kappa shape index (κ2) is 2.82. The van der Waals surface area contributed by atoms with Crippen LogP contribution in [0.3, 0.4) is 0 Å². The van der Waals surface area contributed by atoms with Crippen molar-refractivity contribution in [2.45, 2.75) is 0 Å². The van der Waals surface area contributed by atoms with E-state index in [1.165, 1.54) is 0 Å². The van der Waals surface area contributed by atoms with Crippen LogP contribution in [0.15, 0.2) is 29.3 Å². The Morgan fingerprint density at radius 2 is 2.23 bits per heavy atom. The van der Waals surface area contributed by atoms with E-state index in [2.05, 4.69) is 21.9 Å². The fourth-order valence-corrected chi connectivity index (χ4v) is 1.20. The van der Waals surface area contributed by atoms with Crippen molar-refractivity contribution in [2.75, 3.05) is 0 Å². The highest BCUT2D eigenvalue weighted by atomic mass is 16.1. The Morgan fingerprint density at radius 3 is 3.00 bits per heavy atom. The molecule has 1 aromatic carbocycles. The number of hydrogen-bond donors (Lipinski definition) is 1. The average Bonchev–Trinajstić information content (AvgIpc) is 2.60. The monoisotopic (exact) mass is 173 g/mol. The maximum Gasteiger partial charge on any atom is 0.297 e. The summed E-state index contributed by atoms with van der Waals surface area (Å²) in [6.45, 7) is 3.17. The molecule has 1 N–H and O–H groups in total. The van der Waals surface area contributed by atoms with Gasteiger partial charge in [0, 0.05) is 5.39 Å². The molecule has 1 heterocycles. The number of carbonyl (C=O) groups is 1. The summed E-state index contributed by atoms with van der Waals surface area (Å²) in [7, 11) is 0. The Bertz CT molecular complexity index is 472. The van der Waals surface area contributed by atoms with Gasteiger partial charge in [-0.05, 0) is 12.8 Å². The summed E-state index contributed by atoms with van der Waals surface area (Å²) in [5, 5.41) is 7.38. The Hall–Kier alpha value is -1.97. The molecule has 0 unspecified atom stereocenters. The minimum atomic E-state index is -0.405. The van der Waals surface area contributed by atoms with Gasteiger partial charge in [-0.2, -0.15) is 5.10 Å². The van der Waals surface area contributed by atoms with E-state index in [0.29, 0.717) is 5.69 Å². The van der Waals surface area contributed by atoms with Crippen molar-refractivity contribution < 1.29 is 4.79 Å². The topological polar surface area (TPSA) is 58.1 Å². The van der Waals surface area contributed by atoms with E-state index in [1.807, 2.05) is 24.3 Å². The van der Waals surface area contributed by atoms with E-state index < -0.39 is 5.91 Å². The van der Waals surface area contributed by atoms with Crippen LogP contribution in [-0.2, 0) is 0 Å². The van der Waals surface area contributed by atoms with Gasteiger partial charge in [0.2, 0.25) is 0 Å². The van der Waals surface area contributed by atoms with Crippen LogP contribution in [0.1, 0.15) is 10.5 Å². The van der Waals surface area contributed by atoms with Crippen molar-refractivity contribution in [1.29, 1.82) is 0 Å². The first-order chi connectivity index (χ1) is 6.33. The zero-order valence-electron chi connectivity index (χ0n) is 6.82. The van der Waals surface area contributed by atoms with E-state index in [9.17, 15) is 4.79 Å². The number of aromatic nitrogens is 2. The van der Waals surface area contributed by atoms with Gasteiger partial charge >= 0.3 is 0 Å². The highest BCUT2D eigenvalue weighted by molar-refractivity contribution is 6.06. The summed E-state index contributed by atoms with van der Waals surface area (Å²) in [5.41, 5.74) is 1.15. The molecule has 0 aliphatic carbocycles. The molecule has 1 aromatic heterocycles. The molecule has 0 fully saturated rings. The molecule has 0 atom stereocenters. The van der Waals surface area contributed by atoms with Gasteiger partial charge in [-0.1, -0.05) is 18.2 Å². The fraction of sp³-hybridized carbons (Fsp3) is 0. The molecule has 0 radical (unpaired) electrons. The molecule has 0 aliphatic rings. The molecule has 4 heteroatoms. The molecule has 4 nitrogen and oxygen atoms in total. The lowest BCUT2D eigenvalue weighted by Gasteiger charge is -1.88. The second-order valence-electron chi connectivity index (χ2n) is 2.58. The van der Waals surface area contributed by atoms with Gasteiger partial charge in [0.1, 0.15) is 0 Å². The molecular weight excluding hydrogens is 166 g/mol. The predicted octanol–water partition coefficient (Wildman–Crippen LogP) is 1.40. The summed E-state index contributed by atoms with van der Waals surface area (Å²) >= 11 is 0. The molecule has 2 rings (SSSR count). The fourth-order valence-electron chi connectivity index (χ4n) is 1.20. The molecule has 13 heavy (non-hydrogen) atoms. The van der Waals surface area contributed by atoms with E-state index in [4.69, 9.17) is 0 Å². The number of amides is 1. The quantitative estimate of drug-likeness (QED) is 0.662. The van der Waals surface area contributed by atoms with Crippen molar-refractivity contribution in [3.8, 4) is 0 Å². The third kappa shape index (κ3) is 1.12. The Morgan fingerprint density at radius 1 is 1.46 bits per heavy atom. The van der Waals surface area contributed by atoms with Gasteiger partial charge in [-0.3, -0.25) is 9.89 Å². The smallest absolute Gasteiger partial charge is 0.277 e. The minimum absolute atomic E-state index is 0.325. The number of aromatic amines is 1. The lowest BCUT2D eigenvalue weighted by atomic mass is 10.2. The highest BCUT2D eigenvalue weighted by Crippen LogP contribution is 2.15. The number of benzene rings is 1. The average molecular weight is 173 g/mol. The lowest BCUT2D eigenvalue weighted by Crippen LogP contribution is -1.94. The molecular formula is C9H7N3O. The lowest BCUT2D eigenvalue weighted by molar-refractivity contribution is 0.100. The number of carbonyl (C=O) groups excluding carboxylic acids is 1. The first-order valence-electron chi connectivity index (χ1n) is 3.77. The van der Waals surface area contributed by atoms with E-state index in [-0.39, 0.29) is 0 Å². The Kier molecular flexibility index (Phi) is 1.66. The Balaban J connectivity index is 2.71. The van der Waals surface area contributed by atoms with E-state index in [1.54, 1.807) is 0 Å². The number of rotatable bonds is 1. The largest absolute Gasteiger partial charge is 0.297 e. The van der Waals surface area contributed by atoms with Gasteiger partial charge in [0.25, 0.3) is 5.91 Å². The van der Waals surface area contributed by atoms with Crippen LogP contribution in [0.5, 0.6) is 0 Å². The summed E-state index contributed by atoms with van der Waals surface area (Å²) in [6, 6.07) is 7.38. The van der Waals surface area contributed by atoms with Crippen LogP contribution in [-0.4, -0.2) is 22.8 Å². The zero-order chi connectivity index (χ0) is 9.26. The summed E-state index contributed by atoms with van der Waals surface area (Å²) in [5.74, 6) is -0.405. The number of aliphatic imine (C=N–C) groups is 1. The number of hydrogen-bond acceptors (Lipinski definition) is 2. The summed E-state index contributed by atoms with van der Waals surface area (Å²) in [6.07, 6.45) is 0. The van der Waals surface area contributed by atoms with Gasteiger partial charge < -0.3 is 0 Å². The maximum absolute atomic E-state index is 11.2. The van der Waals surface area contributed by atoms with Gasteiger partial charge in [-0.15, -0.1) is 0 Å². The molecule has 64 valence electrons. The second-order valence-corrected chi connectivity index (χ2v) is 2.58. The van der Waals surface area contributed by atoms with Gasteiger partial charge in [-0.25, -0.2) is 4.99 Å². The number of nitrogens with zero attached hydrogens (tertiary/aromatic N) is 2. The normalized spacial score (nSPS) is 10.2. The van der Waals surface area contributed by atoms with Crippen molar-refractivity contribution >= 4 is 23.5 Å². The van der Waals surface area contributed by atoms with Crippen LogP contribution >= 0.6 is 0 Å². The number of para-hydroxylation sites is 1. The SMILES string of the molecule is C=NC(=O)c1n[nH]c2ccccc12. The molecule has 0 bridgehead atoms. The molecule has 0 aliphatic heterocycles. The van der Waals surface area contributed by atoms with Crippen molar-refractivity contribution in [2.24, 2.45) is 4.99 Å². The third-order valence-electron chi connectivity index (χ3n) is 1.82. The number of fused-ring (bicyclic) bond motifs is 1. The molecule has 0 spiro atoms. The number of nitrogens with one attached hydrogen (secondary N) is 1. The van der Waals surface area contributed by atoms with Gasteiger partial charge in [0.15, 0.2) is 5.69 Å². The Labute approximate surface area is 74.3 Å². The van der Waals surface area contributed by atoms with Crippen LogP contribution in [0.2, 0.25) is 0 Å². The standard InChI is InChI=1S/C9H7N3O/c1-10-9(13)8-6-4-2-3-5-7(6)11-12-8/h2-5H,1H2,(H,11,12). The van der Waals surface area contributed by atoms with Crippen LogP contribution in [0.25, 0.3) is 10.9 Å². The summed E-state index contributed by atoms with van der Waals surface area (Å²) in [4.78, 5) is 14.5. The highest BCUT2D eigenvalue weighted by Gasteiger charge is 2.10. The van der Waals surface area contributed by atoms with Crippen molar-refractivity contribution in [1.82, 2.24) is 10.2 Å². The molecule has 0 saturated heterocycles. The zero-order valence-corrected chi connectivity index (χ0v) is 6.82. The van der Waals surface area contributed by atoms with Crippen LogP contribution in [0, 0.1) is 0 Å². The van der Waals surface area contributed by atoms with E-state index >= 15 is 0 Å².